The van der Waals surface area contributed by atoms with E-state index in [-0.39, 0.29) is 17.9 Å². The van der Waals surface area contributed by atoms with Crippen LogP contribution < -0.4 is 5.43 Å². The number of aryl methyl sites for hydroxylation is 2. The molecule has 1 atom stereocenters. The number of amides is 1. The molecule has 22 heavy (non-hydrogen) atoms. The largest absolute Gasteiger partial charge is 0.469 e. The molecule has 0 aliphatic carbocycles. The third kappa shape index (κ3) is 3.12. The van der Waals surface area contributed by atoms with Crippen LogP contribution in [0.3, 0.4) is 0 Å². The topological polar surface area (TPSA) is 92.8 Å². The van der Waals surface area contributed by atoms with Crippen LogP contribution in [0.25, 0.3) is 0 Å². The fourth-order valence-corrected chi connectivity index (χ4v) is 3.95. The molecule has 0 radical (unpaired) electrons. The first-order valence-corrected chi connectivity index (χ1v) is 8.17. The van der Waals surface area contributed by atoms with Crippen molar-refractivity contribution in [2.45, 2.75) is 25.2 Å². The van der Waals surface area contributed by atoms with Crippen LogP contribution in [0.4, 0.5) is 0 Å². The van der Waals surface area contributed by atoms with E-state index < -0.39 is 27.8 Å². The molecule has 0 saturated carbocycles. The van der Waals surface area contributed by atoms with Crippen LogP contribution in [-0.2, 0) is 24.3 Å². The number of hydrazine groups is 1. The number of methoxy groups -OCH3 is 1. The quantitative estimate of drug-likeness (QED) is 0.817. The molecule has 1 saturated heterocycles. The van der Waals surface area contributed by atoms with Gasteiger partial charge in [-0.1, -0.05) is 17.7 Å². The summed E-state index contributed by atoms with van der Waals surface area (Å²) in [5.74, 6) is -1.94. The molecule has 8 heteroatoms. The Hall–Kier alpha value is -1.93. The van der Waals surface area contributed by atoms with Crippen molar-refractivity contribution in [1.29, 1.82) is 0 Å². The highest BCUT2D eigenvalue weighted by molar-refractivity contribution is 7.89. The van der Waals surface area contributed by atoms with Crippen molar-refractivity contribution in [2.75, 3.05) is 13.7 Å². The van der Waals surface area contributed by atoms with Crippen LogP contribution in [0.2, 0.25) is 0 Å². The molecule has 1 N–H and O–H groups in total. The molecule has 1 aliphatic rings. The number of nitrogens with zero attached hydrogens (tertiary/aromatic N) is 1. The van der Waals surface area contributed by atoms with E-state index in [1.165, 1.54) is 13.2 Å². The lowest BCUT2D eigenvalue weighted by molar-refractivity contribution is -0.150. The molecule has 0 aromatic heterocycles. The molecule has 0 spiro atoms. The Morgan fingerprint density at radius 3 is 2.64 bits per heavy atom. The van der Waals surface area contributed by atoms with E-state index in [1.807, 2.05) is 6.92 Å². The zero-order valence-corrected chi connectivity index (χ0v) is 13.4. The average Bonchev–Trinajstić information content (AvgIpc) is 2.45. The van der Waals surface area contributed by atoms with Crippen molar-refractivity contribution < 1.29 is 22.7 Å². The molecule has 1 aromatic carbocycles. The summed E-state index contributed by atoms with van der Waals surface area (Å²) in [5, 5.41) is 0. The van der Waals surface area contributed by atoms with Gasteiger partial charge in [0.05, 0.1) is 17.9 Å². The number of hydrogen-bond acceptors (Lipinski definition) is 5. The summed E-state index contributed by atoms with van der Waals surface area (Å²) in [4.78, 5) is 23.4. The van der Waals surface area contributed by atoms with Gasteiger partial charge in [-0.05, 0) is 25.5 Å². The standard InChI is InChI=1S/C14H18N2O5S/c1-9-4-5-12(10(2)6-9)22(19,20)16-8-11(14(18)21-3)7-13(17)15-16/h4-6,11H,7-8H2,1-3H3,(H,15,17). The van der Waals surface area contributed by atoms with Gasteiger partial charge in [-0.3, -0.25) is 15.0 Å². The van der Waals surface area contributed by atoms with Gasteiger partial charge in [-0.25, -0.2) is 8.42 Å². The maximum Gasteiger partial charge on any atom is 0.310 e. The number of ether oxygens (including phenoxy) is 1. The van der Waals surface area contributed by atoms with Gasteiger partial charge in [0.25, 0.3) is 10.0 Å². The maximum absolute atomic E-state index is 12.7. The van der Waals surface area contributed by atoms with E-state index in [1.54, 1.807) is 19.1 Å². The fraction of sp³-hybridized carbons (Fsp3) is 0.429. The minimum absolute atomic E-state index is 0.0917. The number of hydrogen-bond donors (Lipinski definition) is 1. The number of nitrogens with one attached hydrogen (secondary N) is 1. The molecule has 1 unspecified atom stereocenters. The predicted molar refractivity (Wildman–Crippen MR) is 78.1 cm³/mol. The number of carbonyl (C=O) groups excluding carboxylic acids is 2. The van der Waals surface area contributed by atoms with Crippen molar-refractivity contribution in [2.24, 2.45) is 5.92 Å². The monoisotopic (exact) mass is 326 g/mol. The van der Waals surface area contributed by atoms with Gasteiger partial charge in [0, 0.05) is 13.0 Å². The molecule has 1 fully saturated rings. The highest BCUT2D eigenvalue weighted by atomic mass is 32.2. The predicted octanol–water partition coefficient (Wildman–Crippen LogP) is 0.518. The van der Waals surface area contributed by atoms with E-state index in [2.05, 4.69) is 10.2 Å². The second-order valence-corrected chi connectivity index (χ2v) is 7.10. The fourth-order valence-electron chi connectivity index (χ4n) is 2.41. The number of sulfonamides is 1. The summed E-state index contributed by atoms with van der Waals surface area (Å²) in [6, 6.07) is 4.92. The third-order valence-electron chi connectivity index (χ3n) is 3.50. The third-order valence-corrected chi connectivity index (χ3v) is 5.33. The molecule has 1 amide bonds. The van der Waals surface area contributed by atoms with Crippen molar-refractivity contribution >= 4 is 21.9 Å². The smallest absolute Gasteiger partial charge is 0.310 e. The highest BCUT2D eigenvalue weighted by Crippen LogP contribution is 2.23. The molecule has 7 nitrogen and oxygen atoms in total. The van der Waals surface area contributed by atoms with Gasteiger partial charge in [-0.2, -0.15) is 0 Å². The Kier molecular flexibility index (Phi) is 4.52. The first-order chi connectivity index (χ1) is 10.3. The van der Waals surface area contributed by atoms with E-state index >= 15 is 0 Å². The summed E-state index contributed by atoms with van der Waals surface area (Å²) in [6.07, 6.45) is -0.0917. The van der Waals surface area contributed by atoms with Crippen molar-refractivity contribution in [1.82, 2.24) is 9.84 Å². The second-order valence-electron chi connectivity index (χ2n) is 5.26. The summed E-state index contributed by atoms with van der Waals surface area (Å²) in [7, 11) is -2.72. The Bertz CT molecular complexity index is 714. The lowest BCUT2D eigenvalue weighted by atomic mass is 10.0. The van der Waals surface area contributed by atoms with Crippen LogP contribution >= 0.6 is 0 Å². The zero-order chi connectivity index (χ0) is 16.5. The molecule has 1 heterocycles. The van der Waals surface area contributed by atoms with Crippen LogP contribution in [0.1, 0.15) is 17.5 Å². The van der Waals surface area contributed by atoms with Gasteiger partial charge in [0.15, 0.2) is 0 Å². The van der Waals surface area contributed by atoms with Crippen molar-refractivity contribution in [3.8, 4) is 0 Å². The summed E-state index contributed by atoms with van der Waals surface area (Å²) < 4.78 is 30.8. The van der Waals surface area contributed by atoms with Gasteiger partial charge < -0.3 is 4.74 Å². The van der Waals surface area contributed by atoms with E-state index in [4.69, 9.17) is 0 Å². The summed E-state index contributed by atoms with van der Waals surface area (Å²) in [5.41, 5.74) is 3.82. The van der Waals surface area contributed by atoms with Crippen molar-refractivity contribution in [3.05, 3.63) is 29.3 Å². The van der Waals surface area contributed by atoms with Gasteiger partial charge in [0.1, 0.15) is 0 Å². The molecule has 1 aliphatic heterocycles. The first kappa shape index (κ1) is 16.4. The van der Waals surface area contributed by atoms with E-state index in [0.717, 1.165) is 9.98 Å². The number of rotatable bonds is 3. The molecule has 1 aromatic rings. The normalized spacial score (nSPS) is 19.6. The van der Waals surface area contributed by atoms with Crippen molar-refractivity contribution in [3.63, 3.8) is 0 Å². The van der Waals surface area contributed by atoms with Gasteiger partial charge in [0.2, 0.25) is 5.91 Å². The van der Waals surface area contributed by atoms with Crippen LogP contribution in [-0.4, -0.2) is 38.4 Å². The van der Waals surface area contributed by atoms with E-state index in [0.29, 0.717) is 5.56 Å². The molecular weight excluding hydrogens is 308 g/mol. The Morgan fingerprint density at radius 1 is 1.36 bits per heavy atom. The summed E-state index contributed by atoms with van der Waals surface area (Å²) >= 11 is 0. The second kappa shape index (κ2) is 6.05. The minimum atomic E-state index is -3.92. The minimum Gasteiger partial charge on any atom is -0.469 e. The lowest BCUT2D eigenvalue weighted by Gasteiger charge is -2.30. The number of carbonyl (C=O) groups is 2. The Morgan fingerprint density at radius 2 is 2.05 bits per heavy atom. The Labute approximate surface area is 129 Å². The highest BCUT2D eigenvalue weighted by Gasteiger charge is 2.37. The lowest BCUT2D eigenvalue weighted by Crippen LogP contribution is -2.54. The SMILES string of the molecule is COC(=O)C1CC(=O)NN(S(=O)(=O)c2ccc(C)cc2C)C1. The Balaban J connectivity index is 2.36. The number of benzene rings is 1. The van der Waals surface area contributed by atoms with Crippen LogP contribution in [0, 0.1) is 19.8 Å². The molecule has 120 valence electrons. The van der Waals surface area contributed by atoms with Gasteiger partial charge in [-0.15, -0.1) is 4.41 Å². The summed E-state index contributed by atoms with van der Waals surface area (Å²) in [6.45, 7) is 3.40. The first-order valence-electron chi connectivity index (χ1n) is 6.73. The molecule has 2 rings (SSSR count). The van der Waals surface area contributed by atoms with Gasteiger partial charge >= 0.3 is 5.97 Å². The maximum atomic E-state index is 12.7. The number of esters is 1. The van der Waals surface area contributed by atoms with Crippen LogP contribution in [0.15, 0.2) is 23.1 Å². The molecule has 0 bridgehead atoms. The molecular formula is C14H18N2O5S. The van der Waals surface area contributed by atoms with E-state index in [9.17, 15) is 18.0 Å². The van der Waals surface area contributed by atoms with Crippen LogP contribution in [0.5, 0.6) is 0 Å². The average molecular weight is 326 g/mol. The zero-order valence-electron chi connectivity index (χ0n) is 12.6.